The molecule has 1 unspecified atom stereocenters. The lowest BCUT2D eigenvalue weighted by molar-refractivity contribution is -0.145. The molecule has 0 amide bonds. The number of methoxy groups -OCH3 is 1. The van der Waals surface area contributed by atoms with Gasteiger partial charge in [0.25, 0.3) is 0 Å². The summed E-state index contributed by atoms with van der Waals surface area (Å²) in [5.41, 5.74) is 0.711. The molecule has 0 aliphatic heterocycles. The van der Waals surface area contributed by atoms with E-state index in [-0.39, 0.29) is 12.2 Å². The molecule has 86 valence electrons. The van der Waals surface area contributed by atoms with Crippen molar-refractivity contribution in [3.05, 3.63) is 29.8 Å². The first-order valence-electron chi connectivity index (χ1n) is 4.93. The highest BCUT2D eigenvalue weighted by Gasteiger charge is 2.21. The Kier molecular flexibility index (Phi) is 4.05. The van der Waals surface area contributed by atoms with Crippen molar-refractivity contribution in [3.8, 4) is 5.75 Å². The van der Waals surface area contributed by atoms with Crippen molar-refractivity contribution in [1.29, 1.82) is 0 Å². The second-order valence-corrected chi connectivity index (χ2v) is 3.51. The summed E-state index contributed by atoms with van der Waals surface area (Å²) in [7, 11) is 1.52. The van der Waals surface area contributed by atoms with Gasteiger partial charge in [0.05, 0.1) is 7.11 Å². The Morgan fingerprint density at radius 1 is 1.38 bits per heavy atom. The second kappa shape index (κ2) is 5.30. The first kappa shape index (κ1) is 12.2. The minimum absolute atomic E-state index is 0.0808. The van der Waals surface area contributed by atoms with Gasteiger partial charge in [0.15, 0.2) is 5.78 Å². The molecule has 1 atom stereocenters. The molecule has 16 heavy (non-hydrogen) atoms. The van der Waals surface area contributed by atoms with E-state index in [0.29, 0.717) is 11.3 Å². The molecular formula is C12H14O4. The topological polar surface area (TPSA) is 63.6 Å². The molecule has 0 fully saturated rings. The third kappa shape index (κ3) is 2.82. The molecular weight excluding hydrogens is 208 g/mol. The van der Waals surface area contributed by atoms with E-state index < -0.39 is 11.9 Å². The fourth-order valence-corrected chi connectivity index (χ4v) is 1.33. The van der Waals surface area contributed by atoms with Crippen LogP contribution in [0, 0.1) is 5.92 Å². The van der Waals surface area contributed by atoms with E-state index in [4.69, 9.17) is 9.84 Å². The van der Waals surface area contributed by atoms with Gasteiger partial charge >= 0.3 is 5.97 Å². The summed E-state index contributed by atoms with van der Waals surface area (Å²) in [4.78, 5) is 22.2. The lowest BCUT2D eigenvalue weighted by atomic mass is 9.99. The molecule has 0 saturated carbocycles. The average molecular weight is 222 g/mol. The van der Waals surface area contributed by atoms with Crippen LogP contribution in [0.5, 0.6) is 5.75 Å². The van der Waals surface area contributed by atoms with Crippen molar-refractivity contribution in [2.45, 2.75) is 13.3 Å². The van der Waals surface area contributed by atoms with E-state index in [9.17, 15) is 9.59 Å². The van der Waals surface area contributed by atoms with Crippen LogP contribution in [0.3, 0.4) is 0 Å². The molecule has 1 aromatic carbocycles. The first-order chi connectivity index (χ1) is 7.56. The van der Waals surface area contributed by atoms with E-state index in [1.54, 1.807) is 24.3 Å². The van der Waals surface area contributed by atoms with E-state index in [1.807, 2.05) is 0 Å². The highest BCUT2D eigenvalue weighted by atomic mass is 16.5. The van der Waals surface area contributed by atoms with E-state index in [2.05, 4.69) is 0 Å². The monoisotopic (exact) mass is 222 g/mol. The van der Waals surface area contributed by atoms with Crippen LogP contribution in [0.1, 0.15) is 12.5 Å². The van der Waals surface area contributed by atoms with Crippen LogP contribution in [-0.2, 0) is 16.0 Å². The van der Waals surface area contributed by atoms with Gasteiger partial charge in [-0.1, -0.05) is 18.2 Å². The summed E-state index contributed by atoms with van der Waals surface area (Å²) >= 11 is 0. The second-order valence-electron chi connectivity index (χ2n) is 3.51. The van der Waals surface area contributed by atoms with Crippen LogP contribution >= 0.6 is 0 Å². The molecule has 0 spiro atoms. The minimum Gasteiger partial charge on any atom is -0.496 e. The number of carboxylic acid groups (broad SMARTS) is 1. The fraction of sp³-hybridized carbons (Fsp3) is 0.333. The van der Waals surface area contributed by atoms with Gasteiger partial charge in [-0.15, -0.1) is 0 Å². The van der Waals surface area contributed by atoms with Crippen molar-refractivity contribution in [3.63, 3.8) is 0 Å². The summed E-state index contributed by atoms with van der Waals surface area (Å²) in [6, 6.07) is 7.09. The van der Waals surface area contributed by atoms with Gasteiger partial charge < -0.3 is 9.84 Å². The highest BCUT2D eigenvalue weighted by molar-refractivity contribution is 5.98. The van der Waals surface area contributed by atoms with Crippen molar-refractivity contribution >= 4 is 11.8 Å². The van der Waals surface area contributed by atoms with Crippen molar-refractivity contribution in [1.82, 2.24) is 0 Å². The number of para-hydroxylation sites is 1. The quantitative estimate of drug-likeness (QED) is 0.767. The number of hydrogen-bond acceptors (Lipinski definition) is 3. The Balaban J connectivity index is 2.80. The van der Waals surface area contributed by atoms with Gasteiger partial charge in [0.2, 0.25) is 0 Å². The first-order valence-corrected chi connectivity index (χ1v) is 4.93. The van der Waals surface area contributed by atoms with Crippen LogP contribution in [0.15, 0.2) is 24.3 Å². The molecule has 0 aromatic heterocycles. The zero-order valence-electron chi connectivity index (χ0n) is 9.27. The zero-order valence-corrected chi connectivity index (χ0v) is 9.27. The third-order valence-corrected chi connectivity index (χ3v) is 2.41. The molecule has 1 aromatic rings. The van der Waals surface area contributed by atoms with Crippen molar-refractivity contribution in [2.24, 2.45) is 5.92 Å². The molecule has 0 radical (unpaired) electrons. The Hall–Kier alpha value is -1.84. The van der Waals surface area contributed by atoms with Gasteiger partial charge in [-0.05, 0) is 13.0 Å². The summed E-state index contributed by atoms with van der Waals surface area (Å²) < 4.78 is 5.09. The van der Waals surface area contributed by atoms with Crippen LogP contribution in [0.25, 0.3) is 0 Å². The van der Waals surface area contributed by atoms with Crippen LogP contribution in [0.2, 0.25) is 0 Å². The molecule has 0 heterocycles. The van der Waals surface area contributed by atoms with Crippen molar-refractivity contribution in [2.75, 3.05) is 7.11 Å². The van der Waals surface area contributed by atoms with Gasteiger partial charge in [-0.2, -0.15) is 0 Å². The number of ketones is 1. The SMILES string of the molecule is COc1ccccc1CC(=O)C(C)C(=O)O. The summed E-state index contributed by atoms with van der Waals surface area (Å²) in [6.07, 6.45) is 0.0808. The van der Waals surface area contributed by atoms with Gasteiger partial charge in [0, 0.05) is 12.0 Å². The molecule has 0 aliphatic rings. The summed E-state index contributed by atoms with van der Waals surface area (Å²) in [5.74, 6) is -1.80. The Morgan fingerprint density at radius 3 is 2.56 bits per heavy atom. The smallest absolute Gasteiger partial charge is 0.313 e. The molecule has 0 aliphatic carbocycles. The van der Waals surface area contributed by atoms with Gasteiger partial charge in [-0.3, -0.25) is 9.59 Å². The normalized spacial score (nSPS) is 11.9. The number of ether oxygens (including phenoxy) is 1. The lowest BCUT2D eigenvalue weighted by Crippen LogP contribution is -2.22. The number of Topliss-reactive ketones (excluding diaryl/α,β-unsaturated/α-hetero) is 1. The van der Waals surface area contributed by atoms with E-state index in [0.717, 1.165) is 0 Å². The number of carbonyl (C=O) groups is 2. The predicted molar refractivity (Wildman–Crippen MR) is 58.5 cm³/mol. The Morgan fingerprint density at radius 2 is 2.00 bits per heavy atom. The third-order valence-electron chi connectivity index (χ3n) is 2.41. The Bertz CT molecular complexity index is 398. The van der Waals surface area contributed by atoms with Gasteiger partial charge in [-0.25, -0.2) is 0 Å². The number of benzene rings is 1. The molecule has 4 heteroatoms. The lowest BCUT2D eigenvalue weighted by Gasteiger charge is -2.09. The number of carboxylic acids is 1. The zero-order chi connectivity index (χ0) is 12.1. The molecule has 0 saturated heterocycles. The maximum Gasteiger partial charge on any atom is 0.313 e. The van der Waals surface area contributed by atoms with Crippen LogP contribution in [-0.4, -0.2) is 24.0 Å². The number of aliphatic carboxylic acids is 1. The summed E-state index contributed by atoms with van der Waals surface area (Å²) in [6.45, 7) is 1.39. The molecule has 4 nitrogen and oxygen atoms in total. The van der Waals surface area contributed by atoms with E-state index in [1.165, 1.54) is 14.0 Å². The van der Waals surface area contributed by atoms with Crippen LogP contribution < -0.4 is 4.74 Å². The molecule has 0 bridgehead atoms. The standard InChI is InChI=1S/C12H14O4/c1-8(12(14)15)10(13)7-9-5-3-4-6-11(9)16-2/h3-6,8H,7H2,1-2H3,(H,14,15). The number of carbonyl (C=O) groups excluding carboxylic acids is 1. The molecule has 1 N–H and O–H groups in total. The average Bonchev–Trinajstić information content (AvgIpc) is 2.28. The summed E-state index contributed by atoms with van der Waals surface area (Å²) in [5, 5.41) is 8.70. The predicted octanol–water partition coefficient (Wildman–Crippen LogP) is 1.53. The van der Waals surface area contributed by atoms with E-state index >= 15 is 0 Å². The Labute approximate surface area is 93.9 Å². The largest absolute Gasteiger partial charge is 0.496 e. The van der Waals surface area contributed by atoms with Crippen LogP contribution in [0.4, 0.5) is 0 Å². The maximum absolute atomic E-state index is 11.6. The minimum atomic E-state index is -1.10. The highest BCUT2D eigenvalue weighted by Crippen LogP contribution is 2.19. The van der Waals surface area contributed by atoms with Crippen molar-refractivity contribution < 1.29 is 19.4 Å². The van der Waals surface area contributed by atoms with Gasteiger partial charge in [0.1, 0.15) is 11.7 Å². The number of hydrogen-bond donors (Lipinski definition) is 1. The number of rotatable bonds is 5. The maximum atomic E-state index is 11.6. The molecule has 1 rings (SSSR count). The fourth-order valence-electron chi connectivity index (χ4n) is 1.33.